The lowest BCUT2D eigenvalue weighted by Gasteiger charge is -2.11. The number of nitrogens with zero attached hydrogens (tertiary/aromatic N) is 3. The van der Waals surface area contributed by atoms with Crippen LogP contribution in [-0.2, 0) is 6.54 Å². The molecule has 0 aliphatic carbocycles. The van der Waals surface area contributed by atoms with Crippen LogP contribution in [0.2, 0.25) is 0 Å². The highest BCUT2D eigenvalue weighted by molar-refractivity contribution is 6.15. The summed E-state index contributed by atoms with van der Waals surface area (Å²) in [4.78, 5) is 24.9. The van der Waals surface area contributed by atoms with Crippen molar-refractivity contribution in [3.63, 3.8) is 0 Å². The van der Waals surface area contributed by atoms with E-state index in [1.807, 2.05) is 0 Å². The molecule has 3 rings (SSSR count). The van der Waals surface area contributed by atoms with Gasteiger partial charge in [-0.3, -0.25) is 4.79 Å². The van der Waals surface area contributed by atoms with Gasteiger partial charge in [0.2, 0.25) is 5.78 Å². The van der Waals surface area contributed by atoms with Gasteiger partial charge in [0, 0.05) is 11.8 Å². The molecule has 10 nitrogen and oxygen atoms in total. The Morgan fingerprint density at radius 3 is 2.23 bits per heavy atom. The SMILES string of the molecule is COc1ccc(Cn2nnc(C(=O)c3cc(OC)c(OC)cc3N)c2C(=O)O)cc1. The van der Waals surface area contributed by atoms with E-state index >= 15 is 0 Å². The van der Waals surface area contributed by atoms with E-state index in [0.29, 0.717) is 11.5 Å². The topological polar surface area (TPSA) is 139 Å². The normalized spacial score (nSPS) is 10.5. The molecule has 0 aliphatic heterocycles. The van der Waals surface area contributed by atoms with Gasteiger partial charge in [0.25, 0.3) is 0 Å². The Labute approximate surface area is 171 Å². The monoisotopic (exact) mass is 412 g/mol. The van der Waals surface area contributed by atoms with Crippen LogP contribution in [0.1, 0.15) is 32.1 Å². The molecular formula is C20H20N4O6. The summed E-state index contributed by atoms with van der Waals surface area (Å²) >= 11 is 0. The zero-order valence-corrected chi connectivity index (χ0v) is 16.6. The summed E-state index contributed by atoms with van der Waals surface area (Å²) < 4.78 is 16.6. The summed E-state index contributed by atoms with van der Waals surface area (Å²) in [5, 5.41) is 17.4. The number of hydrogen-bond acceptors (Lipinski definition) is 8. The Morgan fingerprint density at radius 1 is 1.03 bits per heavy atom. The van der Waals surface area contributed by atoms with Crippen LogP contribution in [0.5, 0.6) is 17.2 Å². The Kier molecular flexibility index (Phi) is 5.86. The van der Waals surface area contributed by atoms with Crippen molar-refractivity contribution in [2.75, 3.05) is 27.1 Å². The molecule has 1 aromatic heterocycles. The number of ether oxygens (including phenoxy) is 3. The van der Waals surface area contributed by atoms with E-state index in [4.69, 9.17) is 19.9 Å². The number of nitrogens with two attached hydrogens (primary N) is 1. The van der Waals surface area contributed by atoms with Crippen LogP contribution in [0.25, 0.3) is 0 Å². The van der Waals surface area contributed by atoms with Crippen LogP contribution >= 0.6 is 0 Å². The van der Waals surface area contributed by atoms with E-state index in [-0.39, 0.29) is 34.9 Å². The van der Waals surface area contributed by atoms with Gasteiger partial charge in [-0.05, 0) is 23.8 Å². The summed E-state index contributed by atoms with van der Waals surface area (Å²) in [5.74, 6) is -0.746. The molecule has 0 unspecified atom stereocenters. The first-order valence-corrected chi connectivity index (χ1v) is 8.75. The van der Waals surface area contributed by atoms with Crippen molar-refractivity contribution in [2.45, 2.75) is 6.54 Å². The molecular weight excluding hydrogens is 392 g/mol. The highest BCUT2D eigenvalue weighted by Gasteiger charge is 2.28. The molecule has 30 heavy (non-hydrogen) atoms. The van der Waals surface area contributed by atoms with E-state index in [0.717, 1.165) is 10.2 Å². The second-order valence-corrected chi connectivity index (χ2v) is 6.22. The second kappa shape index (κ2) is 8.52. The molecule has 0 bridgehead atoms. The number of methoxy groups -OCH3 is 3. The maximum absolute atomic E-state index is 13.0. The zero-order chi connectivity index (χ0) is 21.8. The fraction of sp³-hybridized carbons (Fsp3) is 0.200. The number of hydrogen-bond donors (Lipinski definition) is 2. The van der Waals surface area contributed by atoms with Gasteiger partial charge in [0.05, 0.1) is 33.4 Å². The number of aromatic carboxylic acids is 1. The molecule has 0 radical (unpaired) electrons. The largest absolute Gasteiger partial charge is 0.497 e. The predicted octanol–water partition coefficient (Wildman–Crippen LogP) is 1.86. The number of aromatic nitrogens is 3. The smallest absolute Gasteiger partial charge is 0.356 e. The summed E-state index contributed by atoms with van der Waals surface area (Å²) in [6, 6.07) is 9.81. The number of nitrogen functional groups attached to an aromatic ring is 1. The van der Waals surface area contributed by atoms with Gasteiger partial charge in [-0.1, -0.05) is 17.3 Å². The van der Waals surface area contributed by atoms with Gasteiger partial charge in [0.15, 0.2) is 22.9 Å². The van der Waals surface area contributed by atoms with Crippen LogP contribution in [0.3, 0.4) is 0 Å². The number of rotatable bonds is 8. The maximum atomic E-state index is 13.0. The molecule has 0 aliphatic rings. The van der Waals surface area contributed by atoms with Gasteiger partial charge in [-0.15, -0.1) is 5.10 Å². The van der Waals surface area contributed by atoms with Crippen molar-refractivity contribution < 1.29 is 28.9 Å². The fourth-order valence-electron chi connectivity index (χ4n) is 2.91. The lowest BCUT2D eigenvalue weighted by Crippen LogP contribution is -2.16. The highest BCUT2D eigenvalue weighted by atomic mass is 16.5. The van der Waals surface area contributed by atoms with Crippen LogP contribution in [0.4, 0.5) is 5.69 Å². The van der Waals surface area contributed by atoms with Crippen LogP contribution in [0, 0.1) is 0 Å². The third-order valence-electron chi connectivity index (χ3n) is 4.44. The molecule has 10 heteroatoms. The Hall–Kier alpha value is -4.08. The third-order valence-corrected chi connectivity index (χ3v) is 4.44. The van der Waals surface area contributed by atoms with Crippen molar-refractivity contribution >= 4 is 17.4 Å². The van der Waals surface area contributed by atoms with Crippen LogP contribution in [-0.4, -0.2) is 53.2 Å². The van der Waals surface area contributed by atoms with Crippen molar-refractivity contribution in [1.29, 1.82) is 0 Å². The minimum Gasteiger partial charge on any atom is -0.497 e. The number of ketones is 1. The molecule has 3 aromatic rings. The molecule has 0 saturated carbocycles. The van der Waals surface area contributed by atoms with Gasteiger partial charge in [0.1, 0.15) is 5.75 Å². The minimum absolute atomic E-state index is 0.0339. The van der Waals surface area contributed by atoms with Crippen molar-refractivity contribution in [3.8, 4) is 17.2 Å². The van der Waals surface area contributed by atoms with Gasteiger partial charge in [-0.2, -0.15) is 0 Å². The van der Waals surface area contributed by atoms with Gasteiger partial charge < -0.3 is 25.1 Å². The van der Waals surface area contributed by atoms with E-state index in [1.54, 1.807) is 31.4 Å². The van der Waals surface area contributed by atoms with Crippen molar-refractivity contribution in [2.24, 2.45) is 0 Å². The summed E-state index contributed by atoms with van der Waals surface area (Å²) in [7, 11) is 4.40. The number of anilines is 1. The first-order chi connectivity index (χ1) is 14.4. The minimum atomic E-state index is -1.34. The Balaban J connectivity index is 2.00. The van der Waals surface area contributed by atoms with Crippen LogP contribution < -0.4 is 19.9 Å². The van der Waals surface area contributed by atoms with Crippen LogP contribution in [0.15, 0.2) is 36.4 Å². The molecule has 2 aromatic carbocycles. The average Bonchev–Trinajstić information content (AvgIpc) is 3.17. The molecule has 0 amide bonds. The molecule has 0 fully saturated rings. The number of carboxylic acids is 1. The molecule has 0 saturated heterocycles. The van der Waals surface area contributed by atoms with Gasteiger partial charge >= 0.3 is 5.97 Å². The summed E-state index contributed by atoms with van der Waals surface area (Å²) in [5.41, 5.74) is 6.19. The highest BCUT2D eigenvalue weighted by Crippen LogP contribution is 2.33. The summed E-state index contributed by atoms with van der Waals surface area (Å²) in [6.45, 7) is 0.104. The van der Waals surface area contributed by atoms with Gasteiger partial charge in [-0.25, -0.2) is 9.48 Å². The molecule has 3 N–H and O–H groups in total. The quantitative estimate of drug-likeness (QED) is 0.419. The lowest BCUT2D eigenvalue weighted by molar-refractivity contribution is 0.0679. The van der Waals surface area contributed by atoms with E-state index in [2.05, 4.69) is 10.3 Å². The zero-order valence-electron chi connectivity index (χ0n) is 16.6. The number of carbonyl (C=O) groups is 2. The summed E-state index contributed by atoms with van der Waals surface area (Å²) in [6.07, 6.45) is 0. The molecule has 1 heterocycles. The van der Waals surface area contributed by atoms with E-state index in [1.165, 1.54) is 26.4 Å². The first-order valence-electron chi connectivity index (χ1n) is 8.75. The molecule has 0 spiro atoms. The van der Waals surface area contributed by atoms with E-state index < -0.39 is 11.8 Å². The first kappa shape index (κ1) is 20.6. The maximum Gasteiger partial charge on any atom is 0.356 e. The fourth-order valence-corrected chi connectivity index (χ4v) is 2.91. The second-order valence-electron chi connectivity index (χ2n) is 6.22. The lowest BCUT2D eigenvalue weighted by atomic mass is 10.0. The molecule has 156 valence electrons. The number of benzene rings is 2. The number of carbonyl (C=O) groups excluding carboxylic acids is 1. The van der Waals surface area contributed by atoms with E-state index in [9.17, 15) is 14.7 Å². The van der Waals surface area contributed by atoms with Crippen molar-refractivity contribution in [3.05, 3.63) is 58.9 Å². The van der Waals surface area contributed by atoms with Crippen molar-refractivity contribution in [1.82, 2.24) is 15.0 Å². The molecule has 0 atom stereocenters. The third kappa shape index (κ3) is 3.88. The predicted molar refractivity (Wildman–Crippen MR) is 106 cm³/mol. The number of carboxylic acid groups (broad SMARTS) is 1. The average molecular weight is 412 g/mol. The Bertz CT molecular complexity index is 1090. The Morgan fingerprint density at radius 2 is 1.67 bits per heavy atom. The standard InChI is InChI=1S/C20H20N4O6/c1-28-12-6-4-11(5-7-12)10-24-18(20(26)27)17(22-23-24)19(25)13-8-15(29-2)16(30-3)9-14(13)21/h4-9H,10,21H2,1-3H3,(H,26,27).